The van der Waals surface area contributed by atoms with Gasteiger partial charge in [-0.3, -0.25) is 4.79 Å². The van der Waals surface area contributed by atoms with Gasteiger partial charge in [-0.1, -0.05) is 12.2 Å². The van der Waals surface area contributed by atoms with Gasteiger partial charge >= 0.3 is 5.97 Å². The average molecular weight is 284 g/mol. The zero-order valence-corrected chi connectivity index (χ0v) is 11.8. The largest absolute Gasteiger partial charge is 0.466 e. The molecule has 0 unspecified atom stereocenters. The first-order chi connectivity index (χ1) is 8.95. The van der Waals surface area contributed by atoms with Gasteiger partial charge in [0.05, 0.1) is 18.7 Å². The van der Waals surface area contributed by atoms with Gasteiger partial charge in [0, 0.05) is 19.2 Å². The average Bonchev–Trinajstić information content (AvgIpc) is 2.36. The molecule has 0 aliphatic rings. The van der Waals surface area contributed by atoms with Gasteiger partial charge in [-0.25, -0.2) is 4.39 Å². The Morgan fingerprint density at radius 2 is 2.21 bits per heavy atom. The summed E-state index contributed by atoms with van der Waals surface area (Å²) < 4.78 is 18.7. The second kappa shape index (κ2) is 7.04. The molecule has 0 spiro atoms. The van der Waals surface area contributed by atoms with Crippen LogP contribution in [0.4, 0.5) is 10.1 Å². The Morgan fingerprint density at radius 3 is 2.74 bits per heavy atom. The molecule has 0 heterocycles. The molecular weight excluding hydrogens is 267 g/mol. The highest BCUT2D eigenvalue weighted by atomic mass is 32.1. The molecule has 2 N–H and O–H groups in total. The summed E-state index contributed by atoms with van der Waals surface area (Å²) in [5, 5.41) is 0. The number of hydrogen-bond acceptors (Lipinski definition) is 4. The Labute approximate surface area is 117 Å². The molecule has 0 fully saturated rings. The molecule has 0 amide bonds. The zero-order chi connectivity index (χ0) is 14.4. The van der Waals surface area contributed by atoms with E-state index in [1.807, 2.05) is 0 Å². The Bertz CT molecular complexity index is 480. The first kappa shape index (κ1) is 15.4. The quantitative estimate of drug-likeness (QED) is 0.638. The lowest BCUT2D eigenvalue weighted by atomic mass is 10.2. The van der Waals surface area contributed by atoms with E-state index in [-0.39, 0.29) is 17.4 Å². The fraction of sp³-hybridized carbons (Fsp3) is 0.385. The molecule has 1 aromatic carbocycles. The van der Waals surface area contributed by atoms with Crippen molar-refractivity contribution >= 4 is 28.9 Å². The second-order valence-electron chi connectivity index (χ2n) is 4.01. The monoisotopic (exact) mass is 284 g/mol. The van der Waals surface area contributed by atoms with Crippen molar-refractivity contribution in [1.29, 1.82) is 0 Å². The van der Waals surface area contributed by atoms with E-state index in [1.165, 1.54) is 6.07 Å². The van der Waals surface area contributed by atoms with E-state index in [4.69, 9.17) is 22.7 Å². The van der Waals surface area contributed by atoms with Gasteiger partial charge in [0.2, 0.25) is 0 Å². The highest BCUT2D eigenvalue weighted by Gasteiger charge is 2.11. The van der Waals surface area contributed by atoms with Gasteiger partial charge in [-0.15, -0.1) is 0 Å². The number of anilines is 1. The zero-order valence-electron chi connectivity index (χ0n) is 11.0. The first-order valence-electron chi connectivity index (χ1n) is 5.91. The molecular formula is C13H17FN2O2S. The summed E-state index contributed by atoms with van der Waals surface area (Å²) in [6.45, 7) is 2.47. The molecule has 4 nitrogen and oxygen atoms in total. The normalized spacial score (nSPS) is 10.1. The number of hydrogen-bond donors (Lipinski definition) is 1. The number of benzene rings is 1. The highest BCUT2D eigenvalue weighted by Crippen LogP contribution is 2.19. The molecule has 0 atom stereocenters. The van der Waals surface area contributed by atoms with E-state index >= 15 is 0 Å². The van der Waals surface area contributed by atoms with E-state index in [9.17, 15) is 9.18 Å². The standard InChI is InChI=1S/C13H17FN2O2S/c1-3-18-12(17)6-7-16(2)11-5-4-9(13(15)19)8-10(11)14/h4-5,8H,3,6-7H2,1-2H3,(H2,15,19). The first-order valence-corrected chi connectivity index (χ1v) is 6.32. The van der Waals surface area contributed by atoms with Crippen LogP contribution in [0, 0.1) is 5.82 Å². The molecule has 0 aromatic heterocycles. The maximum absolute atomic E-state index is 13.9. The molecule has 0 radical (unpaired) electrons. The van der Waals surface area contributed by atoms with Crippen molar-refractivity contribution in [3.63, 3.8) is 0 Å². The van der Waals surface area contributed by atoms with Crippen LogP contribution in [0.2, 0.25) is 0 Å². The third kappa shape index (κ3) is 4.48. The Balaban J connectivity index is 2.69. The fourth-order valence-corrected chi connectivity index (χ4v) is 1.71. The number of esters is 1. The highest BCUT2D eigenvalue weighted by molar-refractivity contribution is 7.80. The number of nitrogens with two attached hydrogens (primary N) is 1. The molecule has 1 aromatic rings. The minimum Gasteiger partial charge on any atom is -0.466 e. The topological polar surface area (TPSA) is 55.6 Å². The maximum atomic E-state index is 13.9. The van der Waals surface area contributed by atoms with Gasteiger partial charge in [0.25, 0.3) is 0 Å². The van der Waals surface area contributed by atoms with Crippen molar-refractivity contribution < 1.29 is 13.9 Å². The summed E-state index contributed by atoms with van der Waals surface area (Å²) in [6, 6.07) is 4.54. The van der Waals surface area contributed by atoms with Gasteiger partial charge in [-0.05, 0) is 25.1 Å². The maximum Gasteiger partial charge on any atom is 0.307 e. The predicted octanol–water partition coefficient (Wildman–Crippen LogP) is 1.85. The van der Waals surface area contributed by atoms with Crippen LogP contribution in [0.1, 0.15) is 18.9 Å². The number of thiocarbonyl (C=S) groups is 1. The summed E-state index contributed by atoms with van der Waals surface area (Å²) in [4.78, 5) is 13.0. The third-order valence-corrected chi connectivity index (χ3v) is 2.84. The lowest BCUT2D eigenvalue weighted by Crippen LogP contribution is -2.23. The summed E-state index contributed by atoms with van der Waals surface area (Å²) in [5.41, 5.74) is 6.30. The number of rotatable bonds is 6. The number of carbonyl (C=O) groups excluding carboxylic acids is 1. The van der Waals surface area contributed by atoms with E-state index in [2.05, 4.69) is 0 Å². The van der Waals surface area contributed by atoms with E-state index in [0.29, 0.717) is 24.4 Å². The molecule has 1 rings (SSSR count). The summed E-state index contributed by atoms with van der Waals surface area (Å²) in [6.07, 6.45) is 0.209. The van der Waals surface area contributed by atoms with Crippen LogP contribution < -0.4 is 10.6 Å². The van der Waals surface area contributed by atoms with Crippen LogP contribution in [0.5, 0.6) is 0 Å². The van der Waals surface area contributed by atoms with Crippen molar-refractivity contribution in [2.75, 3.05) is 25.1 Å². The van der Waals surface area contributed by atoms with Crippen molar-refractivity contribution in [2.45, 2.75) is 13.3 Å². The Morgan fingerprint density at radius 1 is 1.53 bits per heavy atom. The SMILES string of the molecule is CCOC(=O)CCN(C)c1ccc(C(N)=S)cc1F. The van der Waals surface area contributed by atoms with Gasteiger partial charge < -0.3 is 15.4 Å². The van der Waals surface area contributed by atoms with Crippen molar-refractivity contribution in [1.82, 2.24) is 0 Å². The molecule has 0 aliphatic heterocycles. The van der Waals surface area contributed by atoms with Crippen LogP contribution in [-0.4, -0.2) is 31.2 Å². The van der Waals surface area contributed by atoms with Gasteiger partial charge in [0.1, 0.15) is 10.8 Å². The van der Waals surface area contributed by atoms with Crippen molar-refractivity contribution in [3.8, 4) is 0 Å². The molecule has 0 saturated heterocycles. The molecule has 0 bridgehead atoms. The summed E-state index contributed by atoms with van der Waals surface area (Å²) >= 11 is 4.78. The lowest BCUT2D eigenvalue weighted by Gasteiger charge is -2.19. The smallest absolute Gasteiger partial charge is 0.307 e. The summed E-state index contributed by atoms with van der Waals surface area (Å²) in [7, 11) is 1.71. The number of ether oxygens (including phenoxy) is 1. The van der Waals surface area contributed by atoms with E-state index in [0.717, 1.165) is 0 Å². The predicted molar refractivity (Wildman–Crippen MR) is 76.8 cm³/mol. The summed E-state index contributed by atoms with van der Waals surface area (Å²) in [5.74, 6) is -0.717. The van der Waals surface area contributed by atoms with E-state index in [1.54, 1.807) is 31.0 Å². The fourth-order valence-electron chi connectivity index (χ4n) is 1.58. The second-order valence-corrected chi connectivity index (χ2v) is 4.45. The van der Waals surface area contributed by atoms with Gasteiger partial charge in [-0.2, -0.15) is 0 Å². The van der Waals surface area contributed by atoms with Crippen LogP contribution in [0.3, 0.4) is 0 Å². The van der Waals surface area contributed by atoms with Crippen molar-refractivity contribution in [3.05, 3.63) is 29.6 Å². The number of carbonyl (C=O) groups is 1. The van der Waals surface area contributed by atoms with Gasteiger partial charge in [0.15, 0.2) is 0 Å². The number of nitrogens with zero attached hydrogens (tertiary/aromatic N) is 1. The molecule has 19 heavy (non-hydrogen) atoms. The number of halogens is 1. The Hall–Kier alpha value is -1.69. The third-order valence-electron chi connectivity index (χ3n) is 2.60. The lowest BCUT2D eigenvalue weighted by molar-refractivity contribution is -0.142. The molecule has 0 aliphatic carbocycles. The minimum absolute atomic E-state index is 0.152. The van der Waals surface area contributed by atoms with Crippen LogP contribution in [0.15, 0.2) is 18.2 Å². The van der Waals surface area contributed by atoms with Crippen LogP contribution >= 0.6 is 12.2 Å². The van der Waals surface area contributed by atoms with Crippen molar-refractivity contribution in [2.24, 2.45) is 5.73 Å². The minimum atomic E-state index is -0.420. The van der Waals surface area contributed by atoms with Crippen LogP contribution in [-0.2, 0) is 9.53 Å². The Kier molecular flexibility index (Phi) is 5.69. The molecule has 104 valence electrons. The molecule has 6 heteroatoms. The molecule has 0 saturated carbocycles. The van der Waals surface area contributed by atoms with Crippen LogP contribution in [0.25, 0.3) is 0 Å². The van der Waals surface area contributed by atoms with E-state index < -0.39 is 5.82 Å².